The molecule has 8 aromatic carbocycles. The Kier molecular flexibility index (Phi) is 27.6. The summed E-state index contributed by atoms with van der Waals surface area (Å²) in [5.41, 5.74) is 19.2. The van der Waals surface area contributed by atoms with Crippen molar-refractivity contribution in [1.29, 1.82) is 0 Å². The molecule has 4 atom stereocenters. The number of phenolic OH excluding ortho intramolecular Hbond substituents is 2. The fourth-order valence-electron chi connectivity index (χ4n) is 12.3. The van der Waals surface area contributed by atoms with Crippen LogP contribution in [-0.4, -0.2) is 71.7 Å². The van der Waals surface area contributed by atoms with Gasteiger partial charge in [-0.05, 0) is 200 Å². The van der Waals surface area contributed by atoms with E-state index >= 15 is 0 Å². The molecule has 3 heterocycles. The topological polar surface area (TPSA) is 215 Å². The van der Waals surface area contributed by atoms with E-state index in [0.29, 0.717) is 78.1 Å². The third kappa shape index (κ3) is 22.2. The zero-order valence-electron chi connectivity index (χ0n) is 56.9. The van der Waals surface area contributed by atoms with Crippen molar-refractivity contribution in [3.8, 4) is 45.3 Å². The number of carbonyl (C=O) groups is 2. The zero-order valence-corrected chi connectivity index (χ0v) is 60.0. The fraction of sp³-hybridized carbons (Fsp3) is 0.205. The number of phenols is 2. The second kappa shape index (κ2) is 36.7. The highest BCUT2D eigenvalue weighted by molar-refractivity contribution is 7.86. The number of benzene rings is 8. The van der Waals surface area contributed by atoms with Gasteiger partial charge in [0, 0.05) is 450 Å². The van der Waals surface area contributed by atoms with Crippen molar-refractivity contribution in [2.75, 3.05) is 5.75 Å². The lowest BCUT2D eigenvalue weighted by atomic mass is 9.87. The number of nitrogens with zero attached hydrogens (tertiary/aromatic N) is 6. The van der Waals surface area contributed by atoms with Gasteiger partial charge in [-0.25, -0.2) is 26.3 Å². The van der Waals surface area contributed by atoms with Gasteiger partial charge >= 0.3 is 5.97 Å². The molecule has 990 valence electrons. The van der Waals surface area contributed by atoms with E-state index in [1.165, 1.54) is 36.4 Å². The van der Waals surface area contributed by atoms with Crippen LogP contribution in [0.4, 0.5) is 26.3 Å². The molecule has 0 saturated carbocycles. The molecule has 0 radical (unpaired) electrons. The summed E-state index contributed by atoms with van der Waals surface area (Å²) < 4.78 is 94.7. The molecule has 23 heteroatoms. The Hall–Kier alpha value is -10.2. The van der Waals surface area contributed by atoms with Gasteiger partial charge in [-0.15, -0.1) is 0 Å². The molecule has 0 fully saturated rings. The van der Waals surface area contributed by atoms with Crippen molar-refractivity contribution in [2.24, 2.45) is 5.73 Å². The minimum Gasteiger partial charge on any atom is -0.508 e. The summed E-state index contributed by atoms with van der Waals surface area (Å²) >= 11 is 18.0. The monoisotopic (exact) mass is 1960 g/mol. The number of carboxylic acid groups (broad SMARTS) is 1. The third-order valence-corrected chi connectivity index (χ3v) is 19.9. The van der Waals surface area contributed by atoms with E-state index < -0.39 is 68.4 Å². The van der Waals surface area contributed by atoms with Gasteiger partial charge in [0.2, 0.25) is 0 Å². The Morgan fingerprint density at radius 3 is 1.21 bits per heavy atom. The normalized spacial score (nSPS) is 13.1. The van der Waals surface area contributed by atoms with Crippen molar-refractivity contribution in [3.63, 3.8) is 0 Å². The zero-order chi connectivity index (χ0) is 75.1. The minimum atomic E-state index is -1.20. The number of ketones is 1. The molecule has 2 aliphatic rings. The number of nitrogens with two attached hydrogens (primary N) is 1. The standard InChI is InChI=1S/C30H23ClF2N2O2.C23H23ClF2N2OS.C18H14ClF2N3.C11H10O3.CH4.222H2/c31-23-6-3-20(4-7-23)29-30(35-10-9-34-29)22(11-18-12-24(32)16-25(33)13-18)15-27(37)14-21-2-1-19-5-8-26(36)17-28(19)21;1-23(2,3)30(29)14-17(10-15-11-19(25)13-20(26)12-15)22-21(27-8-9-28-22)16-4-6-18(24)7-5-16;19-13-3-1-12(2-4-13)17-18(24-6-5-23-17)16(22)9-11-7-14(20)10-15(21)8-11;12-9-4-3-7-1-2-8(5-11(13)14)10(7)6-9;;;;;;;;;;;;;;;;;;;;;;;;;;;;;;;;;;;;;;;;;;;;;;;;;;;;;;;;;;;;;;;;;;;;;;;;;;;;;;;;;;;;;;;;;;;;;;;;;;;;;;;;;;;;;;;;;;;;;;;;;;;;;;;;;;;;;;;;;;;;;;;;;;;;;;;;;;;;;;;;;;;;;;;;;;;;;;;;;;;;;;;;;;;;;;;;;;;;;;;;;;;;;;;;;;;;;;;;;;;;;;;/h2-10,12-13,16-17,22,36H,1,11,14-15H2;4-9,11-13,17H,10,14H2,1-3H3;1-8,10,16H,9,22H2;2-4,6,12H,1,5H2,(H,13,14);1H4;222*1H. The van der Waals surface area contributed by atoms with Gasteiger partial charge in [0.25, 0.3) is 0 Å². The Bertz CT molecular complexity index is 5270. The second-order valence-corrected chi connectivity index (χ2v) is 29.6. The number of carboxylic acids is 1. The number of halogens is 9. The number of aromatic nitrogens is 6. The molecule has 0 spiro atoms. The maximum Gasteiger partial charge on any atom is 0.307 e. The van der Waals surface area contributed by atoms with Crippen LogP contribution in [0.1, 0.15) is 438 Å². The average molecular weight is 1970 g/mol. The van der Waals surface area contributed by atoms with Crippen LogP contribution in [0.3, 0.4) is 0 Å². The van der Waals surface area contributed by atoms with E-state index in [1.54, 1.807) is 97.8 Å². The van der Waals surface area contributed by atoms with Crippen LogP contribution in [0.5, 0.6) is 11.5 Å². The van der Waals surface area contributed by atoms with Crippen LogP contribution in [0.25, 0.3) is 44.9 Å². The lowest BCUT2D eigenvalue weighted by molar-refractivity contribution is -0.135. The van der Waals surface area contributed by atoms with E-state index in [2.05, 4.69) is 29.9 Å². The van der Waals surface area contributed by atoms with Gasteiger partial charge in [0.05, 0.1) is 46.6 Å². The summed E-state index contributed by atoms with van der Waals surface area (Å²) in [5.74, 6) is -4.97. The number of hydrogen-bond acceptors (Lipinski definition) is 12. The smallest absolute Gasteiger partial charge is 0.307 e. The van der Waals surface area contributed by atoms with Crippen molar-refractivity contribution in [3.05, 3.63) is 319 Å². The van der Waals surface area contributed by atoms with Crippen LogP contribution < -0.4 is 5.73 Å². The number of Topliss-reactive ketones (excluding diaryl/α,β-unsaturated/α-hetero) is 1. The van der Waals surface area contributed by atoms with E-state index in [0.717, 1.165) is 74.7 Å². The molecule has 13 nitrogen and oxygen atoms in total. The van der Waals surface area contributed by atoms with Gasteiger partial charge in [-0.2, -0.15) is 0 Å². The van der Waals surface area contributed by atoms with Gasteiger partial charge in [-0.1, -0.05) is 103 Å². The molecule has 106 heavy (non-hydrogen) atoms. The Balaban J connectivity index is -0.00000000205. The Labute approximate surface area is 957 Å². The first-order valence-corrected chi connectivity index (χ1v) is 35.6. The third-order valence-electron chi connectivity index (χ3n) is 17.1. The van der Waals surface area contributed by atoms with Crippen LogP contribution in [-0.2, 0) is 52.5 Å². The van der Waals surface area contributed by atoms with E-state index in [-0.39, 0.29) is 386 Å². The largest absolute Gasteiger partial charge is 0.508 e. The van der Waals surface area contributed by atoms with Crippen molar-refractivity contribution in [1.82, 2.24) is 29.9 Å². The highest BCUT2D eigenvalue weighted by atomic mass is 35.5. The lowest BCUT2D eigenvalue weighted by Crippen LogP contribution is -2.28. The van der Waals surface area contributed by atoms with E-state index in [1.807, 2.05) is 81.5 Å². The molecule has 0 bridgehead atoms. The first kappa shape index (κ1) is 79.9. The summed E-state index contributed by atoms with van der Waals surface area (Å²) in [6.07, 6.45) is 15.8. The number of carbonyl (C=O) groups excluding carboxylic acids is 1. The molecule has 0 saturated heterocycles. The molecular formula is C83H518Cl3F6N7O6S. The number of aromatic hydroxyl groups is 2. The molecule has 13 rings (SSSR count). The van der Waals surface area contributed by atoms with Crippen molar-refractivity contribution >= 4 is 68.5 Å². The first-order chi connectivity index (χ1) is 50.2. The molecular weight excluding hydrogens is 1440 g/mol. The van der Waals surface area contributed by atoms with Crippen molar-refractivity contribution < 1.29 is 372 Å². The highest BCUT2D eigenvalue weighted by Crippen LogP contribution is 2.38. The number of aliphatic carboxylic acids is 1. The summed E-state index contributed by atoms with van der Waals surface area (Å²) in [6.45, 7) is 5.70. The van der Waals surface area contributed by atoms with Gasteiger partial charge in [-0.3, -0.25) is 43.7 Å². The lowest BCUT2D eigenvalue weighted by Gasteiger charge is -2.24. The summed E-state index contributed by atoms with van der Waals surface area (Å²) in [7, 11) is -1.20. The minimum absolute atomic E-state index is 0. The van der Waals surface area contributed by atoms with Crippen molar-refractivity contribution in [2.45, 2.75) is 102 Å². The number of hydrogen-bond donors (Lipinski definition) is 4. The maximum absolute atomic E-state index is 14.0. The molecule has 0 aliphatic heterocycles. The predicted molar refractivity (Wildman–Crippen MR) is 875 cm³/mol. The Morgan fingerprint density at radius 2 is 0.821 bits per heavy atom. The van der Waals surface area contributed by atoms with Crippen LogP contribution in [0.2, 0.25) is 15.1 Å². The molecule has 11 aromatic rings. The first-order valence-electron chi connectivity index (χ1n) is 33.1. The molecule has 2 aliphatic carbocycles. The van der Waals surface area contributed by atoms with Gasteiger partial charge in [0.15, 0.2) is 0 Å². The predicted octanol–water partition coefficient (Wildman–Crippen LogP) is 74.4. The van der Waals surface area contributed by atoms with E-state index in [4.69, 9.17) is 45.6 Å². The van der Waals surface area contributed by atoms with Gasteiger partial charge < -0.3 is 21.1 Å². The Morgan fingerprint density at radius 1 is 0.481 bits per heavy atom. The average Bonchev–Trinajstić information content (AvgIpc) is 1.77. The highest BCUT2D eigenvalue weighted by Gasteiger charge is 2.30. The number of allylic oxidation sites excluding steroid dienone is 3. The molecule has 3 aromatic heterocycles. The SMILES string of the molecule is C.CC(C)(C)S(=O)CC(Cc1cc(F)cc(F)c1)c1nccnc1-c1ccc(Cl)cc1.NC(Cc1cc(F)cc(F)c1)c1nccnc1-c1ccc(Cl)cc1.O=C(CC1=CCc2ccc(O)cc21)CC(Cc1cc(F)cc(F)c1)c1nccnc1-c1ccc(Cl)cc1.O=C(O)CC1=CCc2ccc(O)cc21.[HH].[HH].[HH].[HH].[HH].[HH].[HH].[HH].[HH].[HH].[HH].[HH].[HH].[HH].[HH].[HH].[HH].[HH].[HH].[HH].[HH].[HH].[HH].[HH].[HH].[HH].[HH].[HH].[HH].[HH].[HH].[HH].[HH].[HH].[HH].[HH].[HH].[HH].[HH].[HH].[HH].[HH].[HH].[HH].[HH].[HH].[HH].[HH].[HH].[HH].[HH].[HH].[HH].[HH].[HH].[HH].[HH].[HH].[HH].[HH].[HH].[HH].[HH].[HH].[HH].[HH].[HH].[HH].[HH].[HH].[HH].[HH].[HH].[HH].[HH].[HH].[HH].[HH].[HH].[HH].[HH].[HH].[HH].[HH].[HH].[HH].[HH].[HH].[HH].[HH].[HH].[HH].[HH].[HH].[HH].[HH].[HH].[HH].[HH].[HH].[HH].[HH].[HH].[HH].[HH].[HH].[HH].[HH].[HH].[HH].[HH].[HH].[HH].[HH].[HH].[HH].[HH].[HH].[HH].[HH].[HH].[HH].[HH].[HH].[HH].[HH].[HH].[HH].[HH].[HH].[HH].[HH].[HH].[HH].[HH].[HH].[HH].[HH].[HH].[HH].[HH].[HH].[HH].[HH].[HH].[HH].[HH].[HH].[HH].[HH].[HH].[HH].[HH].[HH].[HH].[HH].[HH].[HH].[HH].[HH].[HH].[HH].[HH].[HH].[HH].[HH].[HH].[HH].[HH].[HH].[HH].[HH].[HH].[HH].[HH].[HH].[HH].[HH].[HH].[HH].[HH].[HH].[HH].[HH].[HH].[HH].[HH].[HH].[HH].[HH].[HH].[HH].[HH].[HH].[HH].[HH].[HH].[HH].[HH].[HH].[HH].[HH].[HH].[HH].[HH].[HH].[HH].[HH].[HH].[HH].[HH].[HH].[HH].[HH].[HH].[HH].[HH].[HH].[HH].[HH].[HH].[HH]. The summed E-state index contributed by atoms with van der Waals surface area (Å²) in [4.78, 5) is 50.7. The fourth-order valence-corrected chi connectivity index (χ4v) is 13.8. The van der Waals surface area contributed by atoms with Crippen LogP contribution in [0, 0.1) is 34.9 Å². The number of fused-ring (bicyclic) bond motifs is 2. The van der Waals surface area contributed by atoms with Gasteiger partial charge in [0.1, 0.15) is 52.2 Å². The maximum atomic E-state index is 14.0. The molecule has 5 N–H and O–H groups in total. The quantitative estimate of drug-likeness (QED) is 0.0523. The summed E-state index contributed by atoms with van der Waals surface area (Å²) in [6, 6.07) is 41.4. The molecule has 4 unspecified atom stereocenters. The number of rotatable bonds is 20. The second-order valence-electron chi connectivity index (χ2n) is 26.0. The molecule has 0 amide bonds. The van der Waals surface area contributed by atoms with Crippen LogP contribution >= 0.6 is 34.8 Å². The van der Waals surface area contributed by atoms with E-state index in [9.17, 15) is 50.4 Å². The summed E-state index contributed by atoms with van der Waals surface area (Å²) in [5, 5.41) is 29.6. The van der Waals surface area contributed by atoms with Crippen LogP contribution in [0.15, 0.2) is 213 Å².